The van der Waals surface area contributed by atoms with Gasteiger partial charge in [-0.1, -0.05) is 29.3 Å². The van der Waals surface area contributed by atoms with E-state index in [-0.39, 0.29) is 12.6 Å². The normalized spacial score (nSPS) is 20.7. The monoisotopic (exact) mass is 303 g/mol. The quantitative estimate of drug-likeness (QED) is 0.849. The molecule has 1 aromatic rings. The van der Waals surface area contributed by atoms with Crippen molar-refractivity contribution >= 4 is 23.2 Å². The lowest BCUT2D eigenvalue weighted by molar-refractivity contribution is 0.172. The third kappa shape index (κ3) is 4.62. The van der Waals surface area contributed by atoms with Gasteiger partial charge in [0.15, 0.2) is 0 Å². The van der Waals surface area contributed by atoms with Gasteiger partial charge in [0.25, 0.3) is 0 Å². The van der Waals surface area contributed by atoms with Gasteiger partial charge in [-0.05, 0) is 36.5 Å². The topological polar surface area (TPSA) is 41.5 Å². The number of hydrogen-bond acceptors (Lipinski definition) is 3. The van der Waals surface area contributed by atoms with E-state index in [1.54, 1.807) is 6.07 Å². The fourth-order valence-corrected chi connectivity index (χ4v) is 2.63. The lowest BCUT2D eigenvalue weighted by Crippen LogP contribution is -2.34. The van der Waals surface area contributed by atoms with Gasteiger partial charge in [0, 0.05) is 25.8 Å². The molecule has 1 heterocycles. The van der Waals surface area contributed by atoms with E-state index in [0.717, 1.165) is 31.6 Å². The summed E-state index contributed by atoms with van der Waals surface area (Å²) >= 11 is 11.9. The Hall–Kier alpha value is -0.320. The lowest BCUT2D eigenvalue weighted by Gasteiger charge is -2.19. The largest absolute Gasteiger partial charge is 0.395 e. The molecule has 0 aliphatic carbocycles. The SMILES string of the molecule is OCC(CC1CCOC1)NCc1ccc(Cl)c(Cl)c1. The number of aliphatic hydroxyl groups is 1. The smallest absolute Gasteiger partial charge is 0.0595 e. The minimum Gasteiger partial charge on any atom is -0.395 e. The van der Waals surface area contributed by atoms with E-state index < -0.39 is 0 Å². The van der Waals surface area contributed by atoms with Gasteiger partial charge in [-0.25, -0.2) is 0 Å². The fraction of sp³-hybridized carbons (Fsp3) is 0.571. The Bertz CT molecular complexity index is 408. The van der Waals surface area contributed by atoms with E-state index >= 15 is 0 Å². The number of rotatable bonds is 6. The summed E-state index contributed by atoms with van der Waals surface area (Å²) in [7, 11) is 0. The molecule has 0 bridgehead atoms. The molecule has 2 atom stereocenters. The highest BCUT2D eigenvalue weighted by Gasteiger charge is 2.20. The number of ether oxygens (including phenoxy) is 1. The Labute approximate surface area is 123 Å². The van der Waals surface area contributed by atoms with Crippen molar-refractivity contribution in [3.8, 4) is 0 Å². The maximum atomic E-state index is 9.41. The molecule has 0 aromatic heterocycles. The molecule has 2 N–H and O–H groups in total. The summed E-state index contributed by atoms with van der Waals surface area (Å²) < 4.78 is 5.35. The molecule has 1 saturated heterocycles. The first kappa shape index (κ1) is 15.1. The first-order valence-corrected chi connectivity index (χ1v) is 7.30. The predicted molar refractivity (Wildman–Crippen MR) is 77.7 cm³/mol. The number of nitrogens with one attached hydrogen (secondary N) is 1. The highest BCUT2D eigenvalue weighted by atomic mass is 35.5. The molecule has 0 radical (unpaired) electrons. The van der Waals surface area contributed by atoms with Crippen LogP contribution >= 0.6 is 23.2 Å². The van der Waals surface area contributed by atoms with E-state index in [9.17, 15) is 5.11 Å². The third-order valence-electron chi connectivity index (χ3n) is 3.44. The van der Waals surface area contributed by atoms with Gasteiger partial charge in [0.05, 0.1) is 16.7 Å². The minimum atomic E-state index is 0.0983. The van der Waals surface area contributed by atoms with Crippen LogP contribution in [0.1, 0.15) is 18.4 Å². The molecule has 5 heteroatoms. The van der Waals surface area contributed by atoms with E-state index in [2.05, 4.69) is 5.32 Å². The Morgan fingerprint density at radius 2 is 2.21 bits per heavy atom. The highest BCUT2D eigenvalue weighted by molar-refractivity contribution is 6.42. The summed E-state index contributed by atoms with van der Waals surface area (Å²) in [4.78, 5) is 0. The van der Waals surface area contributed by atoms with Crippen LogP contribution in [0.15, 0.2) is 18.2 Å². The van der Waals surface area contributed by atoms with Crippen LogP contribution in [0.4, 0.5) is 0 Å². The summed E-state index contributed by atoms with van der Waals surface area (Å²) in [6.45, 7) is 2.47. The summed E-state index contributed by atoms with van der Waals surface area (Å²) in [5.41, 5.74) is 1.07. The van der Waals surface area contributed by atoms with Gasteiger partial charge in [-0.15, -0.1) is 0 Å². The molecule has 2 rings (SSSR count). The number of benzene rings is 1. The number of aliphatic hydroxyl groups excluding tert-OH is 1. The molecule has 0 spiro atoms. The van der Waals surface area contributed by atoms with Crippen LogP contribution in [0.25, 0.3) is 0 Å². The van der Waals surface area contributed by atoms with Crippen molar-refractivity contribution in [2.24, 2.45) is 5.92 Å². The Kier molecular flexibility index (Phi) is 5.92. The second-order valence-corrected chi connectivity index (χ2v) is 5.79. The Morgan fingerprint density at radius 3 is 2.84 bits per heavy atom. The molecule has 0 saturated carbocycles. The summed E-state index contributed by atoms with van der Waals surface area (Å²) in [6.07, 6.45) is 2.03. The van der Waals surface area contributed by atoms with Crippen molar-refractivity contribution in [3.05, 3.63) is 33.8 Å². The highest BCUT2D eigenvalue weighted by Crippen LogP contribution is 2.23. The van der Waals surface area contributed by atoms with Crippen LogP contribution in [0.2, 0.25) is 10.0 Å². The molecule has 1 aliphatic heterocycles. The molecule has 1 aromatic carbocycles. The fourth-order valence-electron chi connectivity index (χ4n) is 2.31. The zero-order valence-electron chi connectivity index (χ0n) is 10.7. The van der Waals surface area contributed by atoms with Crippen molar-refractivity contribution in [2.45, 2.75) is 25.4 Å². The van der Waals surface area contributed by atoms with Crippen LogP contribution < -0.4 is 5.32 Å². The number of halogens is 2. The molecule has 0 amide bonds. The summed E-state index contributed by atoms with van der Waals surface area (Å²) in [5.74, 6) is 0.554. The van der Waals surface area contributed by atoms with Gasteiger partial charge < -0.3 is 15.2 Å². The maximum absolute atomic E-state index is 9.41. The van der Waals surface area contributed by atoms with Crippen molar-refractivity contribution in [3.63, 3.8) is 0 Å². The summed E-state index contributed by atoms with van der Waals surface area (Å²) in [6, 6.07) is 5.68. The zero-order valence-corrected chi connectivity index (χ0v) is 12.3. The Balaban J connectivity index is 1.82. The van der Waals surface area contributed by atoms with Gasteiger partial charge in [-0.2, -0.15) is 0 Å². The lowest BCUT2D eigenvalue weighted by atomic mass is 9.99. The third-order valence-corrected chi connectivity index (χ3v) is 4.18. The van der Waals surface area contributed by atoms with Crippen LogP contribution in [-0.2, 0) is 11.3 Å². The average molecular weight is 304 g/mol. The van der Waals surface area contributed by atoms with Crippen LogP contribution in [0.5, 0.6) is 0 Å². The van der Waals surface area contributed by atoms with E-state index in [0.29, 0.717) is 22.5 Å². The van der Waals surface area contributed by atoms with Gasteiger partial charge in [-0.3, -0.25) is 0 Å². The van der Waals surface area contributed by atoms with Crippen molar-refractivity contribution in [1.82, 2.24) is 5.32 Å². The van der Waals surface area contributed by atoms with Crippen LogP contribution in [0.3, 0.4) is 0 Å². The van der Waals surface area contributed by atoms with Gasteiger partial charge in [0.2, 0.25) is 0 Å². The summed E-state index contributed by atoms with van der Waals surface area (Å²) in [5, 5.41) is 13.9. The molecule has 2 unspecified atom stereocenters. The molecule has 19 heavy (non-hydrogen) atoms. The van der Waals surface area contributed by atoms with Crippen molar-refractivity contribution < 1.29 is 9.84 Å². The van der Waals surface area contributed by atoms with Crippen LogP contribution in [0, 0.1) is 5.92 Å². The first-order valence-electron chi connectivity index (χ1n) is 6.55. The molecular weight excluding hydrogens is 285 g/mol. The van der Waals surface area contributed by atoms with E-state index in [1.165, 1.54) is 0 Å². The molecule has 3 nitrogen and oxygen atoms in total. The molecule has 1 aliphatic rings. The number of hydrogen-bond donors (Lipinski definition) is 2. The van der Waals surface area contributed by atoms with E-state index in [4.69, 9.17) is 27.9 Å². The standard InChI is InChI=1S/C14H19Cl2NO2/c15-13-2-1-10(6-14(13)16)7-17-12(8-18)5-11-3-4-19-9-11/h1-2,6,11-12,17-18H,3-5,7-9H2. The second kappa shape index (κ2) is 7.46. The molecular formula is C14H19Cl2NO2. The first-order chi connectivity index (χ1) is 9.19. The second-order valence-electron chi connectivity index (χ2n) is 4.97. The zero-order chi connectivity index (χ0) is 13.7. The minimum absolute atomic E-state index is 0.0983. The van der Waals surface area contributed by atoms with Crippen LogP contribution in [-0.4, -0.2) is 31.0 Å². The molecule has 1 fully saturated rings. The predicted octanol–water partition coefficient (Wildman–Crippen LogP) is 2.87. The maximum Gasteiger partial charge on any atom is 0.0595 e. The Morgan fingerprint density at radius 1 is 1.37 bits per heavy atom. The molecule has 106 valence electrons. The average Bonchev–Trinajstić information content (AvgIpc) is 2.91. The van der Waals surface area contributed by atoms with Crippen molar-refractivity contribution in [1.29, 1.82) is 0 Å². The van der Waals surface area contributed by atoms with Gasteiger partial charge in [0.1, 0.15) is 0 Å². The van der Waals surface area contributed by atoms with Crippen molar-refractivity contribution in [2.75, 3.05) is 19.8 Å². The van der Waals surface area contributed by atoms with E-state index in [1.807, 2.05) is 12.1 Å². The van der Waals surface area contributed by atoms with Gasteiger partial charge >= 0.3 is 0 Å².